The van der Waals surface area contributed by atoms with Crippen LogP contribution in [0, 0.1) is 19.8 Å². The minimum atomic E-state index is 0.0271. The van der Waals surface area contributed by atoms with Gasteiger partial charge in [0.25, 0.3) is 0 Å². The molecule has 0 aliphatic carbocycles. The van der Waals surface area contributed by atoms with Crippen LogP contribution < -0.4 is 10.2 Å². The molecule has 0 atom stereocenters. The number of aromatic nitrogens is 2. The van der Waals surface area contributed by atoms with Crippen molar-refractivity contribution in [3.8, 4) is 0 Å². The third-order valence-corrected chi connectivity index (χ3v) is 4.97. The van der Waals surface area contributed by atoms with Crippen molar-refractivity contribution in [1.82, 2.24) is 9.97 Å². The molecule has 0 bridgehead atoms. The second-order valence-corrected chi connectivity index (χ2v) is 7.09. The van der Waals surface area contributed by atoms with Crippen LogP contribution in [0.15, 0.2) is 34.9 Å². The third-order valence-electron chi connectivity index (χ3n) is 4.31. The molecular weight excluding hydrogens is 368 g/mol. The molecule has 6 heteroatoms. The lowest BCUT2D eigenvalue weighted by molar-refractivity contribution is -0.120. The number of hydrogen-bond donors (Lipinski definition) is 1. The van der Waals surface area contributed by atoms with E-state index in [1.54, 1.807) is 6.20 Å². The molecule has 1 aliphatic heterocycles. The number of anilines is 2. The Balaban J connectivity index is 1.59. The van der Waals surface area contributed by atoms with Gasteiger partial charge in [0.1, 0.15) is 0 Å². The van der Waals surface area contributed by atoms with Gasteiger partial charge in [-0.25, -0.2) is 9.97 Å². The van der Waals surface area contributed by atoms with E-state index in [0.29, 0.717) is 0 Å². The van der Waals surface area contributed by atoms with Crippen LogP contribution in [0.2, 0.25) is 0 Å². The number of carbonyl (C=O) groups excluding carboxylic acids is 1. The Morgan fingerprint density at radius 1 is 1.25 bits per heavy atom. The quantitative estimate of drug-likeness (QED) is 0.870. The van der Waals surface area contributed by atoms with Gasteiger partial charge in [-0.05, 0) is 66.4 Å². The van der Waals surface area contributed by atoms with Crippen molar-refractivity contribution in [2.75, 3.05) is 23.3 Å². The molecule has 24 heavy (non-hydrogen) atoms. The van der Waals surface area contributed by atoms with Gasteiger partial charge in [0.2, 0.25) is 11.9 Å². The van der Waals surface area contributed by atoms with E-state index in [9.17, 15) is 4.79 Å². The lowest BCUT2D eigenvalue weighted by atomic mass is 9.96. The van der Waals surface area contributed by atoms with Gasteiger partial charge in [-0.2, -0.15) is 0 Å². The minimum absolute atomic E-state index is 0.0271. The van der Waals surface area contributed by atoms with E-state index >= 15 is 0 Å². The average molecular weight is 389 g/mol. The van der Waals surface area contributed by atoms with Crippen molar-refractivity contribution in [2.45, 2.75) is 26.7 Å². The summed E-state index contributed by atoms with van der Waals surface area (Å²) in [4.78, 5) is 23.5. The summed E-state index contributed by atoms with van der Waals surface area (Å²) in [5.74, 6) is 0.874. The summed E-state index contributed by atoms with van der Waals surface area (Å²) in [6, 6.07) is 7.83. The van der Waals surface area contributed by atoms with E-state index < -0.39 is 0 Å². The summed E-state index contributed by atoms with van der Waals surface area (Å²) in [7, 11) is 0. The molecule has 1 fully saturated rings. The number of hydrogen-bond acceptors (Lipinski definition) is 4. The lowest BCUT2D eigenvalue weighted by Crippen LogP contribution is -2.39. The molecule has 0 spiro atoms. The van der Waals surface area contributed by atoms with Gasteiger partial charge in [0.05, 0.1) is 5.69 Å². The summed E-state index contributed by atoms with van der Waals surface area (Å²) in [6.07, 6.45) is 3.41. The Bertz CT molecular complexity index is 742. The van der Waals surface area contributed by atoms with Crippen molar-refractivity contribution >= 4 is 33.5 Å². The van der Waals surface area contributed by atoms with Gasteiger partial charge >= 0.3 is 0 Å². The number of piperidine rings is 1. The molecule has 1 saturated heterocycles. The molecule has 1 aromatic heterocycles. The summed E-state index contributed by atoms with van der Waals surface area (Å²) >= 11 is 3.51. The van der Waals surface area contributed by atoms with Crippen LogP contribution in [0.4, 0.5) is 11.6 Å². The SMILES string of the molecule is Cc1ccc(NC(=O)C2CCN(c3nccc(C)n3)CC2)c(Br)c1. The summed E-state index contributed by atoms with van der Waals surface area (Å²) in [5.41, 5.74) is 2.95. The predicted molar refractivity (Wildman–Crippen MR) is 99.2 cm³/mol. The van der Waals surface area contributed by atoms with Gasteiger partial charge in [0, 0.05) is 35.4 Å². The van der Waals surface area contributed by atoms with Crippen LogP contribution in [0.3, 0.4) is 0 Å². The fourth-order valence-corrected chi connectivity index (χ4v) is 3.48. The Hall–Kier alpha value is -1.95. The first-order chi connectivity index (χ1) is 11.5. The lowest BCUT2D eigenvalue weighted by Gasteiger charge is -2.31. The van der Waals surface area contributed by atoms with Crippen molar-refractivity contribution in [3.63, 3.8) is 0 Å². The molecule has 0 unspecified atom stereocenters. The molecule has 2 heterocycles. The number of amides is 1. The zero-order valence-electron chi connectivity index (χ0n) is 13.9. The van der Waals surface area contributed by atoms with Crippen molar-refractivity contribution in [2.24, 2.45) is 5.92 Å². The van der Waals surface area contributed by atoms with E-state index in [-0.39, 0.29) is 11.8 Å². The zero-order chi connectivity index (χ0) is 17.1. The van der Waals surface area contributed by atoms with Crippen LogP contribution in [-0.4, -0.2) is 29.0 Å². The zero-order valence-corrected chi connectivity index (χ0v) is 15.5. The molecule has 5 nitrogen and oxygen atoms in total. The molecule has 1 amide bonds. The highest BCUT2D eigenvalue weighted by Gasteiger charge is 2.26. The number of nitrogens with one attached hydrogen (secondary N) is 1. The average Bonchev–Trinajstić information content (AvgIpc) is 2.57. The predicted octanol–water partition coefficient (Wildman–Crippen LogP) is 3.71. The van der Waals surface area contributed by atoms with Crippen LogP contribution in [0.25, 0.3) is 0 Å². The molecule has 2 aromatic rings. The van der Waals surface area contributed by atoms with Crippen molar-refractivity contribution in [1.29, 1.82) is 0 Å². The highest BCUT2D eigenvalue weighted by molar-refractivity contribution is 9.10. The monoisotopic (exact) mass is 388 g/mol. The topological polar surface area (TPSA) is 58.1 Å². The van der Waals surface area contributed by atoms with Gasteiger partial charge in [-0.3, -0.25) is 4.79 Å². The molecule has 126 valence electrons. The van der Waals surface area contributed by atoms with Crippen LogP contribution >= 0.6 is 15.9 Å². The first kappa shape index (κ1) is 16.9. The first-order valence-electron chi connectivity index (χ1n) is 8.14. The highest BCUT2D eigenvalue weighted by Crippen LogP contribution is 2.26. The summed E-state index contributed by atoms with van der Waals surface area (Å²) in [5, 5.41) is 3.04. The Labute approximate surface area is 150 Å². The van der Waals surface area contributed by atoms with E-state index in [0.717, 1.165) is 53.3 Å². The third kappa shape index (κ3) is 3.93. The fourth-order valence-electron chi connectivity index (χ4n) is 2.89. The van der Waals surface area contributed by atoms with E-state index in [4.69, 9.17) is 0 Å². The number of rotatable bonds is 3. The Kier molecular flexibility index (Phi) is 5.14. The molecule has 1 N–H and O–H groups in total. The number of nitrogens with zero attached hydrogens (tertiary/aromatic N) is 3. The normalized spacial score (nSPS) is 15.4. The fraction of sp³-hybridized carbons (Fsp3) is 0.389. The molecule has 1 aromatic carbocycles. The number of aryl methyl sites for hydroxylation is 2. The number of halogens is 1. The van der Waals surface area contributed by atoms with Crippen molar-refractivity contribution < 1.29 is 4.79 Å². The van der Waals surface area contributed by atoms with E-state index in [1.807, 2.05) is 38.1 Å². The first-order valence-corrected chi connectivity index (χ1v) is 8.94. The number of benzene rings is 1. The van der Waals surface area contributed by atoms with E-state index in [1.165, 1.54) is 0 Å². The molecule has 0 radical (unpaired) electrons. The largest absolute Gasteiger partial charge is 0.341 e. The van der Waals surface area contributed by atoms with E-state index in [2.05, 4.69) is 36.1 Å². The van der Waals surface area contributed by atoms with Gasteiger partial charge in [0.15, 0.2) is 0 Å². The standard InChI is InChI=1S/C18H21BrN4O/c1-12-3-4-16(15(19)11-12)22-17(24)14-6-9-23(10-7-14)18-20-8-5-13(2)21-18/h3-5,8,11,14H,6-7,9-10H2,1-2H3,(H,22,24). The van der Waals surface area contributed by atoms with Gasteiger partial charge < -0.3 is 10.2 Å². The van der Waals surface area contributed by atoms with Gasteiger partial charge in [-0.1, -0.05) is 6.07 Å². The van der Waals surface area contributed by atoms with Crippen LogP contribution in [-0.2, 0) is 4.79 Å². The highest BCUT2D eigenvalue weighted by atomic mass is 79.9. The summed E-state index contributed by atoms with van der Waals surface area (Å²) in [6.45, 7) is 5.59. The summed E-state index contributed by atoms with van der Waals surface area (Å²) < 4.78 is 0.918. The Morgan fingerprint density at radius 2 is 2.00 bits per heavy atom. The maximum Gasteiger partial charge on any atom is 0.227 e. The number of carbonyl (C=O) groups is 1. The maximum absolute atomic E-state index is 12.5. The smallest absolute Gasteiger partial charge is 0.227 e. The molecular formula is C18H21BrN4O. The maximum atomic E-state index is 12.5. The second-order valence-electron chi connectivity index (χ2n) is 6.23. The van der Waals surface area contributed by atoms with Crippen molar-refractivity contribution in [3.05, 3.63) is 46.2 Å². The van der Waals surface area contributed by atoms with Gasteiger partial charge in [-0.15, -0.1) is 0 Å². The second kappa shape index (κ2) is 7.30. The molecule has 0 saturated carbocycles. The van der Waals surface area contributed by atoms with Crippen LogP contribution in [0.1, 0.15) is 24.1 Å². The Morgan fingerprint density at radius 3 is 2.67 bits per heavy atom. The molecule has 3 rings (SSSR count). The molecule has 1 aliphatic rings. The minimum Gasteiger partial charge on any atom is -0.341 e. The van der Waals surface area contributed by atoms with Crippen LogP contribution in [0.5, 0.6) is 0 Å².